The molecule has 1 atom stereocenters. The van der Waals surface area contributed by atoms with Gasteiger partial charge in [-0.15, -0.1) is 0 Å². The van der Waals surface area contributed by atoms with Crippen LogP contribution >= 0.6 is 0 Å². The first-order valence-electron chi connectivity index (χ1n) is 6.93. The molecule has 24 heavy (non-hydrogen) atoms. The van der Waals surface area contributed by atoms with Crippen molar-refractivity contribution in [3.05, 3.63) is 57.4 Å². The molecule has 1 aromatic heterocycles. The van der Waals surface area contributed by atoms with Gasteiger partial charge in [0.2, 0.25) is 5.69 Å². The quantitative estimate of drug-likeness (QED) is 0.685. The third-order valence-electron chi connectivity index (χ3n) is 3.92. The smallest absolute Gasteiger partial charge is 0.319 e. The average Bonchev–Trinajstić information content (AvgIpc) is 3.13. The Morgan fingerprint density at radius 3 is 2.62 bits per heavy atom. The van der Waals surface area contributed by atoms with Crippen molar-refractivity contribution < 1.29 is 22.9 Å². The lowest BCUT2D eigenvalue weighted by atomic mass is 9.95. The van der Waals surface area contributed by atoms with Crippen LogP contribution in [0.4, 0.5) is 18.9 Å². The van der Waals surface area contributed by atoms with Gasteiger partial charge in [0, 0.05) is 19.0 Å². The lowest BCUT2D eigenvalue weighted by Crippen LogP contribution is -2.33. The van der Waals surface area contributed by atoms with Crippen LogP contribution in [0.1, 0.15) is 22.5 Å². The van der Waals surface area contributed by atoms with Gasteiger partial charge < -0.3 is 4.90 Å². The summed E-state index contributed by atoms with van der Waals surface area (Å²) < 4.78 is 41.6. The van der Waals surface area contributed by atoms with E-state index < -0.39 is 40.4 Å². The van der Waals surface area contributed by atoms with Gasteiger partial charge in [-0.25, -0.2) is 13.2 Å². The van der Waals surface area contributed by atoms with E-state index in [-0.39, 0.29) is 24.2 Å². The number of carbonyl (C=O) groups is 1. The average molecular weight is 340 g/mol. The Kier molecular flexibility index (Phi) is 3.74. The van der Waals surface area contributed by atoms with Gasteiger partial charge in [-0.1, -0.05) is 0 Å². The van der Waals surface area contributed by atoms with E-state index in [9.17, 15) is 23.7 Å². The highest BCUT2D eigenvalue weighted by molar-refractivity contribution is 5.96. The molecule has 1 aliphatic heterocycles. The Morgan fingerprint density at radius 2 is 2.00 bits per heavy atom. The maximum Gasteiger partial charge on any atom is 0.319 e. The Hall–Kier alpha value is -2.91. The molecule has 126 valence electrons. The van der Waals surface area contributed by atoms with Crippen molar-refractivity contribution in [2.45, 2.75) is 12.1 Å². The number of likely N-dealkylation sites (tertiary alicyclic amines) is 1. The second-order valence-electron chi connectivity index (χ2n) is 5.49. The molecule has 1 aliphatic rings. The van der Waals surface area contributed by atoms with Gasteiger partial charge in [0.1, 0.15) is 17.8 Å². The van der Waals surface area contributed by atoms with E-state index in [1.807, 2.05) is 0 Å². The zero-order valence-electron chi connectivity index (χ0n) is 12.1. The van der Waals surface area contributed by atoms with Gasteiger partial charge in [0.15, 0.2) is 5.67 Å². The Balaban J connectivity index is 1.85. The Labute approximate surface area is 133 Å². The summed E-state index contributed by atoms with van der Waals surface area (Å²) in [6, 6.07) is 2.37. The number of halogens is 3. The highest BCUT2D eigenvalue weighted by Crippen LogP contribution is 2.37. The number of aromatic nitrogens is 2. The van der Waals surface area contributed by atoms with Crippen LogP contribution in [0.15, 0.2) is 24.4 Å². The van der Waals surface area contributed by atoms with Gasteiger partial charge in [-0.2, -0.15) is 5.10 Å². The van der Waals surface area contributed by atoms with Gasteiger partial charge in [0.25, 0.3) is 5.91 Å². The summed E-state index contributed by atoms with van der Waals surface area (Å²) in [4.78, 5) is 23.4. The summed E-state index contributed by atoms with van der Waals surface area (Å²) in [6.45, 7) is -0.519. The second-order valence-corrected chi connectivity index (χ2v) is 5.49. The number of hydrogen-bond donors (Lipinski definition) is 1. The number of H-pyrrole nitrogens is 1. The molecule has 7 nitrogen and oxygen atoms in total. The van der Waals surface area contributed by atoms with Crippen LogP contribution < -0.4 is 0 Å². The summed E-state index contributed by atoms with van der Waals surface area (Å²) in [6.07, 6.45) is 0.706. The van der Waals surface area contributed by atoms with E-state index in [0.29, 0.717) is 6.07 Å². The van der Waals surface area contributed by atoms with Gasteiger partial charge >= 0.3 is 5.69 Å². The highest BCUT2D eigenvalue weighted by Gasteiger charge is 2.43. The molecule has 0 bridgehead atoms. The third kappa shape index (κ3) is 2.70. The highest BCUT2D eigenvalue weighted by atomic mass is 19.1. The standard InChI is InChI=1S/C14H11F3N4O3/c15-9-3-8(4-10(16)5-9)14(17)1-2-20(7-14)13(22)12-11(21(23)24)6-18-19-12/h3-6H,1-2,7H2,(H,18,19)/t14-/m0/s1. The van der Waals surface area contributed by atoms with E-state index >= 15 is 4.39 Å². The van der Waals surface area contributed by atoms with Crippen molar-refractivity contribution in [3.63, 3.8) is 0 Å². The van der Waals surface area contributed by atoms with E-state index in [0.717, 1.165) is 23.2 Å². The minimum Gasteiger partial charge on any atom is -0.333 e. The lowest BCUT2D eigenvalue weighted by Gasteiger charge is -2.21. The lowest BCUT2D eigenvalue weighted by molar-refractivity contribution is -0.385. The van der Waals surface area contributed by atoms with Crippen molar-refractivity contribution >= 4 is 11.6 Å². The van der Waals surface area contributed by atoms with Crippen molar-refractivity contribution in [1.82, 2.24) is 15.1 Å². The number of alkyl halides is 1. The summed E-state index contributed by atoms with van der Waals surface area (Å²) in [5.74, 6) is -2.64. The Bertz CT molecular complexity index is 805. The SMILES string of the molecule is O=C(c1[nH]ncc1[N+](=O)[O-])N1CC[C@@](F)(c2cc(F)cc(F)c2)C1. The number of benzene rings is 1. The number of aromatic amines is 1. The number of carbonyl (C=O) groups excluding carboxylic acids is 1. The van der Waals surface area contributed by atoms with Gasteiger partial charge in [-0.05, 0) is 17.7 Å². The number of rotatable bonds is 3. The number of hydrogen-bond acceptors (Lipinski definition) is 4. The summed E-state index contributed by atoms with van der Waals surface area (Å²) in [7, 11) is 0. The number of nitro groups is 1. The Morgan fingerprint density at radius 1 is 1.33 bits per heavy atom. The molecular weight excluding hydrogens is 329 g/mol. The van der Waals surface area contributed by atoms with E-state index in [1.165, 1.54) is 0 Å². The minimum atomic E-state index is -2.13. The van der Waals surface area contributed by atoms with Crippen molar-refractivity contribution in [2.75, 3.05) is 13.1 Å². The van der Waals surface area contributed by atoms with Gasteiger partial charge in [-0.3, -0.25) is 20.0 Å². The first-order chi connectivity index (χ1) is 11.3. The molecule has 1 saturated heterocycles. The normalized spacial score (nSPS) is 20.4. The van der Waals surface area contributed by atoms with Crippen molar-refractivity contribution in [3.8, 4) is 0 Å². The first-order valence-corrected chi connectivity index (χ1v) is 6.93. The molecule has 1 fully saturated rings. The number of amides is 1. The number of nitrogens with one attached hydrogen (secondary N) is 1. The topological polar surface area (TPSA) is 92.1 Å². The summed E-state index contributed by atoms with van der Waals surface area (Å²) >= 11 is 0. The third-order valence-corrected chi connectivity index (χ3v) is 3.92. The number of nitrogens with zero attached hydrogens (tertiary/aromatic N) is 3. The predicted molar refractivity (Wildman–Crippen MR) is 74.9 cm³/mol. The van der Waals surface area contributed by atoms with E-state index in [1.54, 1.807) is 0 Å². The molecule has 10 heteroatoms. The van der Waals surface area contributed by atoms with Gasteiger partial charge in [0.05, 0.1) is 11.5 Å². The molecule has 3 rings (SSSR count). The minimum absolute atomic E-state index is 0.0519. The van der Waals surface area contributed by atoms with Crippen LogP contribution in [0, 0.1) is 21.7 Å². The molecule has 0 spiro atoms. The molecule has 1 N–H and O–H groups in total. The summed E-state index contributed by atoms with van der Waals surface area (Å²) in [5.41, 5.74) is -3.23. The molecule has 2 aromatic rings. The molecule has 0 radical (unpaired) electrons. The van der Waals surface area contributed by atoms with Crippen LogP contribution in [0.5, 0.6) is 0 Å². The van der Waals surface area contributed by atoms with Crippen LogP contribution in [-0.2, 0) is 5.67 Å². The maximum absolute atomic E-state index is 15.0. The monoisotopic (exact) mass is 340 g/mol. The van der Waals surface area contributed by atoms with Crippen LogP contribution in [0.2, 0.25) is 0 Å². The second kappa shape index (κ2) is 5.62. The molecular formula is C14H11F3N4O3. The first kappa shape index (κ1) is 16.0. The maximum atomic E-state index is 15.0. The zero-order chi connectivity index (χ0) is 17.5. The molecule has 0 saturated carbocycles. The van der Waals surface area contributed by atoms with Crippen LogP contribution in [0.3, 0.4) is 0 Å². The molecule has 0 unspecified atom stereocenters. The molecule has 2 heterocycles. The summed E-state index contributed by atoms with van der Waals surface area (Å²) in [5, 5.41) is 16.5. The fourth-order valence-corrected chi connectivity index (χ4v) is 2.73. The van der Waals surface area contributed by atoms with Crippen molar-refractivity contribution in [2.24, 2.45) is 0 Å². The predicted octanol–water partition coefficient (Wildman–Crippen LogP) is 2.31. The van der Waals surface area contributed by atoms with E-state index in [4.69, 9.17) is 0 Å². The fraction of sp³-hybridized carbons (Fsp3) is 0.286. The molecule has 1 amide bonds. The largest absolute Gasteiger partial charge is 0.333 e. The molecule has 1 aromatic carbocycles. The van der Waals surface area contributed by atoms with Crippen molar-refractivity contribution in [1.29, 1.82) is 0 Å². The van der Waals surface area contributed by atoms with Crippen LogP contribution in [0.25, 0.3) is 0 Å². The zero-order valence-corrected chi connectivity index (χ0v) is 12.1. The fourth-order valence-electron chi connectivity index (χ4n) is 2.73. The molecule has 0 aliphatic carbocycles. The van der Waals surface area contributed by atoms with Crippen LogP contribution in [-0.4, -0.2) is 39.0 Å². The van der Waals surface area contributed by atoms with E-state index in [2.05, 4.69) is 10.2 Å².